The molecule has 50 valence electrons. The lowest BCUT2D eigenvalue weighted by Crippen LogP contribution is -1.97. The van der Waals surface area contributed by atoms with Gasteiger partial charge in [-0.2, -0.15) is 0 Å². The quantitative estimate of drug-likeness (QED) is 0.521. The summed E-state index contributed by atoms with van der Waals surface area (Å²) in [6.07, 6.45) is 0.869. The van der Waals surface area contributed by atoms with E-state index in [2.05, 4.69) is 9.05 Å². The number of rotatable bonds is 1. The first-order valence-corrected chi connectivity index (χ1v) is 3.10. The molecule has 0 bridgehead atoms. The molecule has 0 fully saturated rings. The van der Waals surface area contributed by atoms with Crippen LogP contribution in [0, 0.1) is 0 Å². The molecule has 0 saturated carbocycles. The molecule has 1 atom stereocenters. The van der Waals surface area contributed by atoms with Gasteiger partial charge in [0, 0.05) is 0 Å². The van der Waals surface area contributed by atoms with Crippen LogP contribution in [0.15, 0.2) is 12.0 Å². The van der Waals surface area contributed by atoms with Crippen molar-refractivity contribution >= 4 is 14.6 Å². The molecule has 1 rings (SSSR count). The van der Waals surface area contributed by atoms with Gasteiger partial charge in [-0.3, -0.25) is 0 Å². The molecule has 1 aliphatic rings. The molecule has 0 aromatic heterocycles. The Bertz CT molecular complexity index is 164. The zero-order valence-electron chi connectivity index (χ0n) is 4.14. The van der Waals surface area contributed by atoms with Gasteiger partial charge < -0.3 is 19.0 Å². The van der Waals surface area contributed by atoms with Crippen LogP contribution in [0.25, 0.3) is 0 Å². The average Bonchev–Trinajstić information content (AvgIpc) is 2.14. The molecule has 0 aromatic carbocycles. The van der Waals surface area contributed by atoms with Crippen molar-refractivity contribution in [3.63, 3.8) is 0 Å². The molecule has 5 nitrogen and oxygen atoms in total. The van der Waals surface area contributed by atoms with Crippen molar-refractivity contribution in [1.82, 2.24) is 0 Å². The third-order valence-electron chi connectivity index (χ3n) is 0.637. The van der Waals surface area contributed by atoms with E-state index in [-0.39, 0.29) is 5.76 Å². The lowest BCUT2D eigenvalue weighted by atomic mass is 10.6. The largest absolute Gasteiger partial charge is 0.475 e. The van der Waals surface area contributed by atoms with E-state index in [1.807, 2.05) is 0 Å². The summed E-state index contributed by atoms with van der Waals surface area (Å²) >= 11 is 0. The number of hydrogen-bond donors (Lipinski definition) is 2. The van der Waals surface area contributed by atoms with E-state index in [1.165, 1.54) is 0 Å². The normalized spacial score (nSPS) is 24.1. The van der Waals surface area contributed by atoms with Crippen molar-refractivity contribution in [2.75, 3.05) is 0 Å². The van der Waals surface area contributed by atoms with Crippen LogP contribution in [0.2, 0.25) is 0 Å². The maximum Gasteiger partial charge on any atom is 0.460 e. The second-order valence-corrected chi connectivity index (χ2v) is 2.09. The van der Waals surface area contributed by atoms with Crippen LogP contribution < -0.4 is 0 Å². The van der Waals surface area contributed by atoms with Gasteiger partial charge in [0.2, 0.25) is 5.76 Å². The molecule has 0 aromatic rings. The van der Waals surface area contributed by atoms with Crippen LogP contribution in [-0.2, 0) is 13.8 Å². The summed E-state index contributed by atoms with van der Waals surface area (Å²) in [7, 11) is -2.01. The zero-order valence-corrected chi connectivity index (χ0v) is 5.04. The molecule has 2 N–H and O–H groups in total. The molecule has 0 radical (unpaired) electrons. The zero-order chi connectivity index (χ0) is 6.85. The van der Waals surface area contributed by atoms with Gasteiger partial charge >= 0.3 is 14.6 Å². The number of carboxylic acids is 1. The van der Waals surface area contributed by atoms with Gasteiger partial charge in [-0.15, -0.1) is 0 Å². The van der Waals surface area contributed by atoms with Gasteiger partial charge in [-0.05, 0) is 0 Å². The highest BCUT2D eigenvalue weighted by molar-refractivity contribution is 7.41. The maximum atomic E-state index is 9.97. The molecular weight excluding hydrogens is 147 g/mol. The summed E-state index contributed by atoms with van der Waals surface area (Å²) in [5.41, 5.74) is 0. The molecule has 0 aliphatic carbocycles. The summed E-state index contributed by atoms with van der Waals surface area (Å²) in [5, 5.41) is 8.16. The fourth-order valence-corrected chi connectivity index (χ4v) is 0.828. The second-order valence-electron chi connectivity index (χ2n) is 1.22. The molecule has 6 heteroatoms. The van der Waals surface area contributed by atoms with Crippen molar-refractivity contribution in [2.24, 2.45) is 0 Å². The third-order valence-corrected chi connectivity index (χ3v) is 1.28. The minimum Gasteiger partial charge on any atom is -0.475 e. The van der Waals surface area contributed by atoms with E-state index in [9.17, 15) is 4.79 Å². The molecule has 1 unspecified atom stereocenters. The maximum absolute atomic E-state index is 9.97. The molecular formula is C3H3O5P. The summed E-state index contributed by atoms with van der Waals surface area (Å²) in [5.74, 6) is -1.60. The Kier molecular flexibility index (Phi) is 1.55. The van der Waals surface area contributed by atoms with Crippen LogP contribution in [0.4, 0.5) is 0 Å². The Morgan fingerprint density at radius 2 is 2.44 bits per heavy atom. The highest BCUT2D eigenvalue weighted by Crippen LogP contribution is 2.41. The Morgan fingerprint density at radius 1 is 1.78 bits per heavy atom. The van der Waals surface area contributed by atoms with E-state index in [0.717, 1.165) is 6.26 Å². The second kappa shape index (κ2) is 2.21. The highest BCUT2D eigenvalue weighted by atomic mass is 31.2. The highest BCUT2D eigenvalue weighted by Gasteiger charge is 2.24. The van der Waals surface area contributed by atoms with Crippen LogP contribution in [0.3, 0.4) is 0 Å². The predicted molar refractivity (Wildman–Crippen MR) is 27.0 cm³/mol. The number of aliphatic carboxylic acids is 1. The first-order chi connectivity index (χ1) is 4.20. The van der Waals surface area contributed by atoms with Crippen molar-refractivity contribution in [2.45, 2.75) is 0 Å². The first-order valence-electron chi connectivity index (χ1n) is 1.97. The van der Waals surface area contributed by atoms with Gasteiger partial charge in [0.25, 0.3) is 0 Å². The van der Waals surface area contributed by atoms with Gasteiger partial charge in [0.15, 0.2) is 0 Å². The summed E-state index contributed by atoms with van der Waals surface area (Å²) in [4.78, 5) is 18.4. The molecule has 9 heavy (non-hydrogen) atoms. The number of carbonyl (C=O) groups is 1. The summed E-state index contributed by atoms with van der Waals surface area (Å²) in [6, 6.07) is 0. The van der Waals surface area contributed by atoms with Crippen molar-refractivity contribution < 1.29 is 23.8 Å². The lowest BCUT2D eigenvalue weighted by molar-refractivity contribution is -0.134. The lowest BCUT2D eigenvalue weighted by Gasteiger charge is -1.96. The van der Waals surface area contributed by atoms with Gasteiger partial charge in [0.1, 0.15) is 6.26 Å². The smallest absolute Gasteiger partial charge is 0.460 e. The monoisotopic (exact) mass is 150 g/mol. The van der Waals surface area contributed by atoms with Crippen molar-refractivity contribution in [3.8, 4) is 0 Å². The van der Waals surface area contributed by atoms with Gasteiger partial charge in [-0.25, -0.2) is 4.79 Å². The summed E-state index contributed by atoms with van der Waals surface area (Å²) < 4.78 is 8.56. The number of hydrogen-bond acceptors (Lipinski definition) is 4. The molecule has 1 aliphatic heterocycles. The van der Waals surface area contributed by atoms with E-state index in [4.69, 9.17) is 10.00 Å². The topological polar surface area (TPSA) is 76.0 Å². The average molecular weight is 150 g/mol. The summed E-state index contributed by atoms with van der Waals surface area (Å²) in [6.45, 7) is 0. The number of carboxylic acid groups (broad SMARTS) is 1. The Labute approximate surface area is 51.5 Å². The van der Waals surface area contributed by atoms with E-state index >= 15 is 0 Å². The van der Waals surface area contributed by atoms with Crippen LogP contribution >= 0.6 is 8.60 Å². The van der Waals surface area contributed by atoms with E-state index in [0.29, 0.717) is 0 Å². The van der Waals surface area contributed by atoms with E-state index < -0.39 is 14.6 Å². The Morgan fingerprint density at radius 3 is 2.67 bits per heavy atom. The molecule has 1 heterocycles. The minimum absolute atomic E-state index is 0.358. The third kappa shape index (κ3) is 1.31. The minimum atomic E-state index is -2.01. The molecule has 0 amide bonds. The van der Waals surface area contributed by atoms with Gasteiger partial charge in [-0.1, -0.05) is 0 Å². The fourth-order valence-electron chi connectivity index (χ4n) is 0.310. The predicted octanol–water partition coefficient (Wildman–Crippen LogP) is 0.178. The Hall–Kier alpha value is -0.800. The molecule has 0 saturated heterocycles. The fraction of sp³-hybridized carbons (Fsp3) is 0. The van der Waals surface area contributed by atoms with Crippen LogP contribution in [-0.4, -0.2) is 16.0 Å². The SMILES string of the molecule is O=C(O)C1=COP(O)O1. The molecule has 0 spiro atoms. The first kappa shape index (κ1) is 6.32. The van der Waals surface area contributed by atoms with Crippen LogP contribution in [0.5, 0.6) is 0 Å². The standard InChI is InChI=1S/C3H3O5P/c4-3(5)2-1-7-9(6)8-2/h1,6H,(H,4,5). The Balaban J connectivity index is 2.55. The van der Waals surface area contributed by atoms with E-state index in [1.54, 1.807) is 0 Å². The van der Waals surface area contributed by atoms with Crippen molar-refractivity contribution in [1.29, 1.82) is 0 Å². The van der Waals surface area contributed by atoms with Crippen LogP contribution in [0.1, 0.15) is 0 Å². The van der Waals surface area contributed by atoms with Crippen molar-refractivity contribution in [3.05, 3.63) is 12.0 Å². The van der Waals surface area contributed by atoms with Gasteiger partial charge in [0.05, 0.1) is 0 Å².